The molecule has 1 amide bonds. The summed E-state index contributed by atoms with van der Waals surface area (Å²) in [5, 5.41) is 7.70. The van der Waals surface area contributed by atoms with E-state index in [0.717, 1.165) is 28.3 Å². The lowest BCUT2D eigenvalue weighted by molar-refractivity contribution is -0.116. The van der Waals surface area contributed by atoms with Gasteiger partial charge in [0.15, 0.2) is 5.65 Å². The summed E-state index contributed by atoms with van der Waals surface area (Å²) in [6.07, 6.45) is 1.65. The molecular formula is C22H18F2N4O2. The molecule has 0 saturated heterocycles. The van der Waals surface area contributed by atoms with Gasteiger partial charge in [0.1, 0.15) is 23.9 Å². The largest absolute Gasteiger partial charge is 0.497 e. The van der Waals surface area contributed by atoms with E-state index in [1.807, 2.05) is 37.3 Å². The van der Waals surface area contributed by atoms with E-state index < -0.39 is 17.5 Å². The molecule has 2 aromatic heterocycles. The normalized spacial score (nSPS) is 10.9. The molecule has 6 nitrogen and oxygen atoms in total. The number of amides is 1. The van der Waals surface area contributed by atoms with Crippen molar-refractivity contribution in [3.05, 3.63) is 72.1 Å². The zero-order valence-corrected chi connectivity index (χ0v) is 16.3. The van der Waals surface area contributed by atoms with Crippen LogP contribution in [0.15, 0.2) is 54.7 Å². The molecule has 0 aliphatic carbocycles. The Balaban J connectivity index is 1.64. The fourth-order valence-electron chi connectivity index (χ4n) is 3.32. The van der Waals surface area contributed by atoms with Crippen molar-refractivity contribution in [1.29, 1.82) is 0 Å². The van der Waals surface area contributed by atoms with Gasteiger partial charge in [-0.2, -0.15) is 5.10 Å². The molecule has 0 bridgehead atoms. The number of ether oxygens (including phenoxy) is 1. The van der Waals surface area contributed by atoms with Gasteiger partial charge in [0.2, 0.25) is 5.91 Å². The lowest BCUT2D eigenvalue weighted by Gasteiger charge is -2.08. The lowest BCUT2D eigenvalue weighted by atomic mass is 10.0. The van der Waals surface area contributed by atoms with Crippen LogP contribution in [0.5, 0.6) is 5.75 Å². The van der Waals surface area contributed by atoms with E-state index in [0.29, 0.717) is 17.4 Å². The highest BCUT2D eigenvalue weighted by Gasteiger charge is 2.17. The first-order valence-electron chi connectivity index (χ1n) is 9.17. The first-order valence-corrected chi connectivity index (χ1v) is 9.17. The smallest absolute Gasteiger partial charge is 0.246 e. The van der Waals surface area contributed by atoms with Crippen LogP contribution in [0.25, 0.3) is 22.2 Å². The number of aryl methyl sites for hydroxylation is 1. The molecular weight excluding hydrogens is 390 g/mol. The molecule has 1 N–H and O–H groups in total. The maximum absolute atomic E-state index is 13.8. The maximum Gasteiger partial charge on any atom is 0.246 e. The number of methoxy groups -OCH3 is 1. The Morgan fingerprint density at radius 1 is 1.13 bits per heavy atom. The quantitative estimate of drug-likeness (QED) is 0.534. The minimum Gasteiger partial charge on any atom is -0.497 e. The monoisotopic (exact) mass is 408 g/mol. The number of fused-ring (bicyclic) bond motifs is 1. The first kappa shape index (κ1) is 19.5. The highest BCUT2D eigenvalue weighted by molar-refractivity contribution is 5.96. The Morgan fingerprint density at radius 2 is 1.90 bits per heavy atom. The standard InChI is InChI=1S/C22H18F2N4O2/c1-13-21-17(14-3-6-16(30-2)7-4-14)9-10-25-22(21)28(27-13)12-20(29)26-19-8-5-15(23)11-18(19)24/h3-11H,12H2,1-2H3,(H,26,29). The number of aromatic nitrogens is 3. The third kappa shape index (κ3) is 3.71. The van der Waals surface area contributed by atoms with Gasteiger partial charge < -0.3 is 10.1 Å². The molecule has 0 aliphatic rings. The van der Waals surface area contributed by atoms with Crippen LogP contribution in [0.2, 0.25) is 0 Å². The predicted molar refractivity (Wildman–Crippen MR) is 109 cm³/mol. The second-order valence-electron chi connectivity index (χ2n) is 6.70. The van der Waals surface area contributed by atoms with Crippen molar-refractivity contribution in [2.45, 2.75) is 13.5 Å². The Hall–Kier alpha value is -3.81. The van der Waals surface area contributed by atoms with Crippen LogP contribution in [-0.2, 0) is 11.3 Å². The van der Waals surface area contributed by atoms with Crippen LogP contribution in [0, 0.1) is 18.6 Å². The molecule has 0 atom stereocenters. The number of nitrogens with zero attached hydrogens (tertiary/aromatic N) is 3. The summed E-state index contributed by atoms with van der Waals surface area (Å²) in [6.45, 7) is 1.67. The van der Waals surface area contributed by atoms with Gasteiger partial charge in [-0.15, -0.1) is 0 Å². The van der Waals surface area contributed by atoms with E-state index in [-0.39, 0.29) is 12.2 Å². The Bertz CT molecular complexity index is 1240. The number of rotatable bonds is 5. The number of nitrogens with one attached hydrogen (secondary N) is 1. The zero-order valence-electron chi connectivity index (χ0n) is 16.3. The Kier molecular flexibility index (Phi) is 5.14. The summed E-state index contributed by atoms with van der Waals surface area (Å²) < 4.78 is 33.5. The molecule has 2 heterocycles. The van der Waals surface area contributed by atoms with Gasteiger partial charge in [-0.1, -0.05) is 12.1 Å². The van der Waals surface area contributed by atoms with Gasteiger partial charge in [-0.3, -0.25) is 4.79 Å². The number of carbonyl (C=O) groups excluding carboxylic acids is 1. The summed E-state index contributed by atoms with van der Waals surface area (Å²) in [5.41, 5.74) is 3.04. The summed E-state index contributed by atoms with van der Waals surface area (Å²) in [6, 6.07) is 12.5. The van der Waals surface area contributed by atoms with Gasteiger partial charge in [-0.25, -0.2) is 18.4 Å². The average Bonchev–Trinajstić information content (AvgIpc) is 3.06. The van der Waals surface area contributed by atoms with Crippen molar-refractivity contribution >= 4 is 22.6 Å². The van der Waals surface area contributed by atoms with Crippen molar-refractivity contribution in [3.63, 3.8) is 0 Å². The molecule has 2 aromatic carbocycles. The number of pyridine rings is 1. The predicted octanol–water partition coefficient (Wildman–Crippen LogP) is 4.33. The Morgan fingerprint density at radius 3 is 2.60 bits per heavy atom. The molecule has 0 aliphatic heterocycles. The number of halogens is 2. The SMILES string of the molecule is COc1ccc(-c2ccnc3c2c(C)nn3CC(=O)Nc2ccc(F)cc2F)cc1. The van der Waals surface area contributed by atoms with Crippen LogP contribution in [-0.4, -0.2) is 27.8 Å². The van der Waals surface area contributed by atoms with Crippen LogP contribution in [0.1, 0.15) is 5.69 Å². The van der Waals surface area contributed by atoms with Crippen LogP contribution < -0.4 is 10.1 Å². The third-order valence-electron chi connectivity index (χ3n) is 4.71. The minimum atomic E-state index is -0.843. The minimum absolute atomic E-state index is 0.0959. The molecule has 0 fully saturated rings. The van der Waals surface area contributed by atoms with Gasteiger partial charge in [-0.05, 0) is 48.4 Å². The number of anilines is 1. The fraction of sp³-hybridized carbons (Fsp3) is 0.136. The van der Waals surface area contributed by atoms with Crippen LogP contribution in [0.3, 0.4) is 0 Å². The van der Waals surface area contributed by atoms with E-state index in [4.69, 9.17) is 4.74 Å². The highest BCUT2D eigenvalue weighted by Crippen LogP contribution is 2.31. The van der Waals surface area contributed by atoms with Crippen molar-refractivity contribution in [1.82, 2.24) is 14.8 Å². The molecule has 4 rings (SSSR count). The molecule has 8 heteroatoms. The van der Waals surface area contributed by atoms with Gasteiger partial charge in [0.05, 0.1) is 18.5 Å². The fourth-order valence-corrected chi connectivity index (χ4v) is 3.32. The zero-order chi connectivity index (χ0) is 21.3. The van der Waals surface area contributed by atoms with Crippen molar-refractivity contribution in [3.8, 4) is 16.9 Å². The van der Waals surface area contributed by atoms with Gasteiger partial charge in [0.25, 0.3) is 0 Å². The summed E-state index contributed by atoms with van der Waals surface area (Å²) in [7, 11) is 1.61. The average molecular weight is 408 g/mol. The number of benzene rings is 2. The van der Waals surface area contributed by atoms with E-state index in [9.17, 15) is 13.6 Å². The number of hydrogen-bond donors (Lipinski definition) is 1. The summed E-state index contributed by atoms with van der Waals surface area (Å²) in [4.78, 5) is 16.8. The second-order valence-corrected chi connectivity index (χ2v) is 6.70. The summed E-state index contributed by atoms with van der Waals surface area (Å²) >= 11 is 0. The van der Waals surface area contributed by atoms with Gasteiger partial charge >= 0.3 is 0 Å². The first-order chi connectivity index (χ1) is 14.5. The lowest BCUT2D eigenvalue weighted by Crippen LogP contribution is -2.20. The number of hydrogen-bond acceptors (Lipinski definition) is 4. The molecule has 0 saturated carbocycles. The van der Waals surface area contributed by atoms with Crippen LogP contribution in [0.4, 0.5) is 14.5 Å². The molecule has 4 aromatic rings. The molecule has 152 valence electrons. The molecule has 0 spiro atoms. The molecule has 30 heavy (non-hydrogen) atoms. The van der Waals surface area contributed by atoms with Crippen molar-refractivity contribution < 1.29 is 18.3 Å². The van der Waals surface area contributed by atoms with E-state index in [1.165, 1.54) is 10.7 Å². The van der Waals surface area contributed by atoms with E-state index >= 15 is 0 Å². The van der Waals surface area contributed by atoms with E-state index in [1.54, 1.807) is 13.3 Å². The second kappa shape index (κ2) is 7.90. The third-order valence-corrected chi connectivity index (χ3v) is 4.71. The topological polar surface area (TPSA) is 69.0 Å². The summed E-state index contributed by atoms with van der Waals surface area (Å²) in [5.74, 6) is -1.30. The maximum atomic E-state index is 13.8. The van der Waals surface area contributed by atoms with Crippen LogP contribution >= 0.6 is 0 Å². The van der Waals surface area contributed by atoms with E-state index in [2.05, 4.69) is 15.4 Å². The molecule has 0 radical (unpaired) electrons. The van der Waals surface area contributed by atoms with Gasteiger partial charge in [0, 0.05) is 17.6 Å². The molecule has 0 unspecified atom stereocenters. The Labute approximate surface area is 171 Å². The highest BCUT2D eigenvalue weighted by atomic mass is 19.1. The van der Waals surface area contributed by atoms with Crippen molar-refractivity contribution in [2.75, 3.05) is 12.4 Å². The van der Waals surface area contributed by atoms with Crippen molar-refractivity contribution in [2.24, 2.45) is 0 Å². The number of carbonyl (C=O) groups is 1.